The van der Waals surface area contributed by atoms with Crippen molar-refractivity contribution in [1.29, 1.82) is 0 Å². The van der Waals surface area contributed by atoms with Crippen molar-refractivity contribution in [1.82, 2.24) is 5.48 Å². The Labute approximate surface area is 74.9 Å². The number of hydroxylamine groups is 1. The summed E-state index contributed by atoms with van der Waals surface area (Å²) in [5.74, 6) is -0.585. The van der Waals surface area contributed by atoms with Crippen LogP contribution < -0.4 is 5.48 Å². The van der Waals surface area contributed by atoms with Crippen molar-refractivity contribution in [2.45, 2.75) is 6.92 Å². The minimum absolute atomic E-state index is 0.307. The second kappa shape index (κ2) is 3.56. The summed E-state index contributed by atoms with van der Waals surface area (Å²) in [5, 5.41) is 8.71. The van der Waals surface area contributed by atoms with E-state index < -0.39 is 5.91 Å². The lowest BCUT2D eigenvalue weighted by atomic mass is 10.1. The average Bonchev–Trinajstić information content (AvgIpc) is 2.03. The highest BCUT2D eigenvalue weighted by Gasteiger charge is 2.11. The monoisotopic (exact) mass is 185 g/mol. The number of halogens is 1. The summed E-state index contributed by atoms with van der Waals surface area (Å²) in [6.07, 6.45) is 0. The molecule has 0 aliphatic heterocycles. The highest BCUT2D eigenvalue weighted by molar-refractivity contribution is 6.34. The first kappa shape index (κ1) is 9.03. The van der Waals surface area contributed by atoms with Gasteiger partial charge < -0.3 is 0 Å². The third kappa shape index (κ3) is 1.57. The van der Waals surface area contributed by atoms with Gasteiger partial charge in [-0.25, -0.2) is 5.48 Å². The number of aryl methyl sites for hydroxylation is 1. The lowest BCUT2D eigenvalue weighted by Gasteiger charge is -2.04. The van der Waals surface area contributed by atoms with E-state index in [4.69, 9.17) is 16.8 Å². The van der Waals surface area contributed by atoms with Crippen LogP contribution in [0.4, 0.5) is 0 Å². The van der Waals surface area contributed by atoms with Gasteiger partial charge in [-0.05, 0) is 18.6 Å². The van der Waals surface area contributed by atoms with Gasteiger partial charge in [0, 0.05) is 0 Å². The molecule has 0 aliphatic carbocycles. The maximum Gasteiger partial charge on any atom is 0.276 e. The van der Waals surface area contributed by atoms with Crippen molar-refractivity contribution in [2.75, 3.05) is 0 Å². The van der Waals surface area contributed by atoms with Crippen LogP contribution in [-0.4, -0.2) is 11.1 Å². The summed E-state index contributed by atoms with van der Waals surface area (Å²) in [6.45, 7) is 1.75. The van der Waals surface area contributed by atoms with Gasteiger partial charge in [0.25, 0.3) is 5.91 Å². The largest absolute Gasteiger partial charge is 0.288 e. The number of rotatable bonds is 1. The number of nitrogens with one attached hydrogen (secondary N) is 1. The Balaban J connectivity index is 3.21. The zero-order chi connectivity index (χ0) is 9.14. The molecule has 0 atom stereocenters. The number of carbonyl (C=O) groups is 1. The number of benzene rings is 1. The number of hydrogen-bond acceptors (Lipinski definition) is 2. The van der Waals surface area contributed by atoms with E-state index in [0.29, 0.717) is 10.6 Å². The molecule has 3 nitrogen and oxygen atoms in total. The number of carbonyl (C=O) groups excluding carboxylic acids is 1. The molecule has 4 heteroatoms. The molecule has 2 N–H and O–H groups in total. The summed E-state index contributed by atoms with van der Waals surface area (Å²) in [7, 11) is 0. The molecule has 0 saturated heterocycles. The Kier molecular flexibility index (Phi) is 2.68. The van der Waals surface area contributed by atoms with Gasteiger partial charge in [-0.2, -0.15) is 0 Å². The molecule has 64 valence electrons. The second-order valence-corrected chi connectivity index (χ2v) is 2.78. The van der Waals surface area contributed by atoms with Crippen LogP contribution in [0.1, 0.15) is 15.9 Å². The predicted molar refractivity (Wildman–Crippen MR) is 45.4 cm³/mol. The third-order valence-electron chi connectivity index (χ3n) is 1.55. The molecule has 1 rings (SSSR count). The Bertz CT molecular complexity index is 292. The Morgan fingerprint density at radius 1 is 1.58 bits per heavy atom. The molecular formula is C8H8ClNO2. The van der Waals surface area contributed by atoms with Gasteiger partial charge in [0.05, 0.1) is 10.6 Å². The minimum atomic E-state index is -0.585. The molecule has 0 heterocycles. The second-order valence-electron chi connectivity index (χ2n) is 2.37. The Morgan fingerprint density at radius 2 is 2.25 bits per heavy atom. The molecule has 0 radical (unpaired) electrons. The summed E-state index contributed by atoms with van der Waals surface area (Å²) in [6, 6.07) is 5.08. The molecule has 0 bridgehead atoms. The molecule has 1 amide bonds. The highest BCUT2D eigenvalue weighted by Crippen LogP contribution is 2.18. The van der Waals surface area contributed by atoms with E-state index in [-0.39, 0.29) is 0 Å². The van der Waals surface area contributed by atoms with Crippen LogP contribution in [0.2, 0.25) is 5.02 Å². The van der Waals surface area contributed by atoms with Crippen LogP contribution in [0.15, 0.2) is 18.2 Å². The fourth-order valence-electron chi connectivity index (χ4n) is 0.975. The summed E-state index contributed by atoms with van der Waals surface area (Å²) in [5.41, 5.74) is 2.58. The fourth-order valence-corrected chi connectivity index (χ4v) is 1.28. The summed E-state index contributed by atoms with van der Waals surface area (Å²) >= 11 is 5.73. The van der Waals surface area contributed by atoms with E-state index in [2.05, 4.69) is 0 Å². The summed E-state index contributed by atoms with van der Waals surface area (Å²) < 4.78 is 0. The van der Waals surface area contributed by atoms with Gasteiger partial charge in [-0.1, -0.05) is 23.7 Å². The minimum Gasteiger partial charge on any atom is -0.288 e. The van der Waals surface area contributed by atoms with Crippen LogP contribution in [0.25, 0.3) is 0 Å². The molecule has 1 aromatic rings. The van der Waals surface area contributed by atoms with Crippen LogP contribution >= 0.6 is 11.6 Å². The van der Waals surface area contributed by atoms with Crippen molar-refractivity contribution in [3.8, 4) is 0 Å². The smallest absolute Gasteiger partial charge is 0.276 e. The molecule has 0 spiro atoms. The molecule has 0 fully saturated rings. The molecule has 0 saturated carbocycles. The first-order valence-electron chi connectivity index (χ1n) is 3.36. The fraction of sp³-hybridized carbons (Fsp3) is 0.125. The Hall–Kier alpha value is -1.06. The normalized spacial score (nSPS) is 9.58. The number of amides is 1. The van der Waals surface area contributed by atoms with Crippen LogP contribution in [0.3, 0.4) is 0 Å². The van der Waals surface area contributed by atoms with Gasteiger partial charge >= 0.3 is 0 Å². The molecular weight excluding hydrogens is 178 g/mol. The standard InChI is InChI=1S/C8H8ClNO2/c1-5-3-2-4-6(9)7(5)8(11)10-12/h2-4,12H,1H3,(H,10,11). The molecule has 12 heavy (non-hydrogen) atoms. The quantitative estimate of drug-likeness (QED) is 0.518. The van der Waals surface area contributed by atoms with E-state index in [0.717, 1.165) is 5.56 Å². The first-order valence-corrected chi connectivity index (χ1v) is 3.74. The first-order chi connectivity index (χ1) is 5.66. The van der Waals surface area contributed by atoms with Crippen LogP contribution in [0.5, 0.6) is 0 Å². The van der Waals surface area contributed by atoms with E-state index in [9.17, 15) is 4.79 Å². The molecule has 0 aliphatic rings. The lowest BCUT2D eigenvalue weighted by Crippen LogP contribution is -2.20. The van der Waals surface area contributed by atoms with Gasteiger partial charge in [-0.3, -0.25) is 10.0 Å². The van der Waals surface area contributed by atoms with Crippen molar-refractivity contribution in [3.05, 3.63) is 34.3 Å². The maximum atomic E-state index is 11.0. The predicted octanol–water partition coefficient (Wildman–Crippen LogP) is 1.77. The van der Waals surface area contributed by atoms with Gasteiger partial charge in [0.15, 0.2) is 0 Å². The molecule has 0 unspecified atom stereocenters. The van der Waals surface area contributed by atoms with Gasteiger partial charge in [0.2, 0.25) is 0 Å². The molecule has 1 aromatic carbocycles. The zero-order valence-electron chi connectivity index (χ0n) is 6.47. The zero-order valence-corrected chi connectivity index (χ0v) is 7.22. The van der Waals surface area contributed by atoms with E-state index in [1.165, 1.54) is 5.48 Å². The summed E-state index contributed by atoms with van der Waals surface area (Å²) in [4.78, 5) is 11.0. The van der Waals surface area contributed by atoms with Gasteiger partial charge in [0.1, 0.15) is 0 Å². The van der Waals surface area contributed by atoms with Crippen molar-refractivity contribution < 1.29 is 10.0 Å². The van der Waals surface area contributed by atoms with E-state index >= 15 is 0 Å². The number of hydrogen-bond donors (Lipinski definition) is 2. The van der Waals surface area contributed by atoms with Crippen molar-refractivity contribution >= 4 is 17.5 Å². The highest BCUT2D eigenvalue weighted by atomic mass is 35.5. The average molecular weight is 186 g/mol. The SMILES string of the molecule is Cc1cccc(Cl)c1C(=O)NO. The third-order valence-corrected chi connectivity index (χ3v) is 1.87. The van der Waals surface area contributed by atoms with Gasteiger partial charge in [-0.15, -0.1) is 0 Å². The van der Waals surface area contributed by atoms with Crippen molar-refractivity contribution in [2.24, 2.45) is 0 Å². The van der Waals surface area contributed by atoms with Crippen LogP contribution in [-0.2, 0) is 0 Å². The van der Waals surface area contributed by atoms with Crippen molar-refractivity contribution in [3.63, 3.8) is 0 Å². The maximum absolute atomic E-state index is 11.0. The van der Waals surface area contributed by atoms with Crippen LogP contribution in [0, 0.1) is 6.92 Å². The van der Waals surface area contributed by atoms with E-state index in [1.807, 2.05) is 0 Å². The lowest BCUT2D eigenvalue weighted by molar-refractivity contribution is 0.0706. The Morgan fingerprint density at radius 3 is 2.75 bits per heavy atom. The topological polar surface area (TPSA) is 49.3 Å². The van der Waals surface area contributed by atoms with E-state index in [1.54, 1.807) is 25.1 Å². The molecule has 0 aromatic heterocycles.